The Hall–Kier alpha value is -6.37. The molecule has 488 valence electrons. The Balaban J connectivity index is 0.000000223. The number of aryl methyl sites for hydroxylation is 2. The Labute approximate surface area is 531 Å². The number of nitrogens with zero attached hydrogens (tertiary/aromatic N) is 3. The first-order chi connectivity index (χ1) is 41.5. The van der Waals surface area contributed by atoms with Gasteiger partial charge in [-0.15, -0.1) is 0 Å². The monoisotopic (exact) mass is 1280 g/mol. The van der Waals surface area contributed by atoms with E-state index in [4.69, 9.17) is 46.9 Å². The topological polar surface area (TPSA) is 288 Å². The number of halogens is 2. The van der Waals surface area contributed by atoms with Crippen LogP contribution in [0.1, 0.15) is 117 Å². The number of ether oxygens (including phenoxy) is 6. The van der Waals surface area contributed by atoms with E-state index in [1.807, 2.05) is 116 Å². The number of amides is 5. The van der Waals surface area contributed by atoms with Crippen LogP contribution in [0.3, 0.4) is 0 Å². The summed E-state index contributed by atoms with van der Waals surface area (Å²) in [7, 11) is 6.48. The lowest BCUT2D eigenvalue weighted by Crippen LogP contribution is -2.60. The molecule has 2 aromatic rings. The van der Waals surface area contributed by atoms with Gasteiger partial charge in [-0.05, 0) is 110 Å². The SMILES string of the molecule is C/C1=C\C=C\C(C)C2(O)CC(OC(=O)N2)C(C)C2OC2(C)C(O)CC(=O)N(C)c2cc(cc(C)c2Cl)C1.CNC(C)C(=O)OC1CC(=O)N(C)c2cc(cc(C)c2Cl)C/C(C)=C/C=C/C(C)C2(O)CC(OC(=O)N2)C(C)C2OC12C.C[C@H]1C(=O)OC(=O)N1C. The highest BCUT2D eigenvalue weighted by Gasteiger charge is 2.65. The summed E-state index contributed by atoms with van der Waals surface area (Å²) in [6.07, 6.45) is 6.31. The van der Waals surface area contributed by atoms with Gasteiger partial charge in [0.1, 0.15) is 53.0 Å². The van der Waals surface area contributed by atoms with Gasteiger partial charge >= 0.3 is 30.2 Å². The molecule has 0 radical (unpaired) electrons. The molecule has 5 fully saturated rings. The van der Waals surface area contributed by atoms with Crippen molar-refractivity contribution in [2.24, 2.45) is 23.7 Å². The number of carbonyl (C=O) groups excluding carboxylic acids is 7. The molecule has 0 spiro atoms. The van der Waals surface area contributed by atoms with E-state index < -0.39 is 113 Å². The van der Waals surface area contributed by atoms with Crippen molar-refractivity contribution in [3.05, 3.63) is 104 Å². The Morgan fingerprint density at radius 3 is 1.53 bits per heavy atom. The van der Waals surface area contributed by atoms with Gasteiger partial charge in [0.2, 0.25) is 11.8 Å². The summed E-state index contributed by atoms with van der Waals surface area (Å²) in [5, 5.41) is 42.9. The number of epoxide rings is 2. The second-order valence-corrected chi connectivity index (χ2v) is 26.3. The summed E-state index contributed by atoms with van der Waals surface area (Å²) in [5.74, 6) is -3.12. The molecule has 6 N–H and O–H groups in total. The summed E-state index contributed by atoms with van der Waals surface area (Å²) in [4.78, 5) is 90.1. The van der Waals surface area contributed by atoms with E-state index in [1.165, 1.54) is 21.7 Å². The highest BCUT2D eigenvalue weighted by Crippen LogP contribution is 2.50. The summed E-state index contributed by atoms with van der Waals surface area (Å²) in [6, 6.07) is 6.76. The first-order valence-electron chi connectivity index (χ1n) is 30.1. The Kier molecular flexibility index (Phi) is 21.7. The van der Waals surface area contributed by atoms with E-state index in [0.717, 1.165) is 33.4 Å². The number of esters is 2. The highest BCUT2D eigenvalue weighted by molar-refractivity contribution is 6.35. The van der Waals surface area contributed by atoms with Crippen molar-refractivity contribution in [2.45, 2.75) is 193 Å². The third-order valence-corrected chi connectivity index (χ3v) is 19.6. The van der Waals surface area contributed by atoms with Crippen molar-refractivity contribution in [2.75, 3.05) is 38.0 Å². The molecule has 24 heteroatoms. The maximum absolute atomic E-state index is 13.8. The molecule has 5 saturated heterocycles. The quantitative estimate of drug-likeness (QED) is 0.0730. The normalized spacial score (nSPS) is 36.3. The van der Waals surface area contributed by atoms with E-state index in [2.05, 4.69) is 20.7 Å². The number of fused-ring (bicyclic) bond motifs is 10. The number of rotatable bonds is 3. The first kappa shape index (κ1) is 70.1. The van der Waals surface area contributed by atoms with E-state index in [-0.39, 0.29) is 49.3 Å². The van der Waals surface area contributed by atoms with Crippen LogP contribution >= 0.6 is 23.2 Å². The molecule has 8 bridgehead atoms. The average molecular weight is 1280 g/mol. The van der Waals surface area contributed by atoms with Crippen LogP contribution in [0.4, 0.5) is 25.8 Å². The number of carbonyl (C=O) groups is 7. The predicted octanol–water partition coefficient (Wildman–Crippen LogP) is 8.22. The molecule has 89 heavy (non-hydrogen) atoms. The number of aliphatic hydroxyl groups is 3. The first-order valence-corrected chi connectivity index (χ1v) is 30.8. The van der Waals surface area contributed by atoms with Crippen LogP contribution in [0.5, 0.6) is 0 Å². The summed E-state index contributed by atoms with van der Waals surface area (Å²) in [6.45, 7) is 22.0. The summed E-state index contributed by atoms with van der Waals surface area (Å²) in [5.41, 5.74) is 1.86. The average Bonchev–Trinajstić information content (AvgIpc) is 1.61. The Morgan fingerprint density at radius 1 is 0.697 bits per heavy atom. The van der Waals surface area contributed by atoms with Crippen molar-refractivity contribution in [1.82, 2.24) is 20.9 Å². The fourth-order valence-electron chi connectivity index (χ4n) is 11.9. The van der Waals surface area contributed by atoms with Crippen LogP contribution in [0, 0.1) is 37.5 Å². The smallest absolute Gasteiger partial charge is 0.418 e. The van der Waals surface area contributed by atoms with Crippen molar-refractivity contribution in [3.63, 3.8) is 0 Å². The van der Waals surface area contributed by atoms with E-state index in [9.17, 15) is 48.9 Å². The van der Waals surface area contributed by atoms with Crippen LogP contribution in [0.2, 0.25) is 10.0 Å². The van der Waals surface area contributed by atoms with Crippen molar-refractivity contribution in [1.29, 1.82) is 0 Å². The molecule has 9 rings (SSSR count). The molecule has 0 aromatic heterocycles. The largest absolute Gasteiger partial charge is 0.457 e. The van der Waals surface area contributed by atoms with Crippen LogP contribution in [-0.2, 0) is 60.4 Å². The summed E-state index contributed by atoms with van der Waals surface area (Å²) < 4.78 is 33.4. The number of likely N-dealkylation sites (N-methyl/N-ethyl adjacent to an activating group) is 2. The molecule has 5 amide bonds. The number of hydrogen-bond acceptors (Lipinski definition) is 17. The molecular formula is C65H88Cl2N6O16. The van der Waals surface area contributed by atoms with Crippen LogP contribution in [-0.4, -0.2) is 162 Å². The van der Waals surface area contributed by atoms with Gasteiger partial charge in [-0.1, -0.05) is 111 Å². The van der Waals surface area contributed by atoms with Gasteiger partial charge in [-0.2, -0.15) is 0 Å². The Morgan fingerprint density at radius 2 is 1.12 bits per heavy atom. The minimum Gasteiger partial charge on any atom is -0.457 e. The predicted molar refractivity (Wildman–Crippen MR) is 334 cm³/mol. The summed E-state index contributed by atoms with van der Waals surface area (Å²) >= 11 is 13.3. The minimum absolute atomic E-state index is 0.122. The van der Waals surface area contributed by atoms with Gasteiger partial charge in [0.05, 0.1) is 52.6 Å². The van der Waals surface area contributed by atoms with Crippen molar-refractivity contribution in [3.8, 4) is 0 Å². The van der Waals surface area contributed by atoms with Crippen molar-refractivity contribution < 1.29 is 77.3 Å². The molecule has 7 aliphatic heterocycles. The van der Waals surface area contributed by atoms with E-state index >= 15 is 0 Å². The maximum atomic E-state index is 13.8. The van der Waals surface area contributed by atoms with Gasteiger partial charge in [0, 0.05) is 57.7 Å². The number of nitrogens with one attached hydrogen (secondary N) is 3. The second kappa shape index (κ2) is 27.6. The van der Waals surface area contributed by atoms with E-state index in [1.54, 1.807) is 48.8 Å². The fourth-order valence-corrected chi connectivity index (χ4v) is 12.3. The lowest BCUT2D eigenvalue weighted by Gasteiger charge is -2.41. The number of alkyl carbamates (subject to hydrolysis) is 2. The molecular weight excluding hydrogens is 1190 g/mol. The lowest BCUT2D eigenvalue weighted by molar-refractivity contribution is -0.155. The number of hydrogen-bond donors (Lipinski definition) is 6. The van der Waals surface area contributed by atoms with E-state index in [0.29, 0.717) is 34.3 Å². The molecule has 7 aliphatic rings. The molecule has 0 aliphatic carbocycles. The van der Waals surface area contributed by atoms with Crippen molar-refractivity contribution >= 4 is 76.6 Å². The maximum Gasteiger partial charge on any atom is 0.418 e. The van der Waals surface area contributed by atoms with Gasteiger partial charge in [-0.3, -0.25) is 29.9 Å². The lowest BCUT2D eigenvalue weighted by atomic mass is 9.82. The Bertz CT molecular complexity index is 3190. The molecule has 16 atom stereocenters. The number of anilines is 2. The van der Waals surface area contributed by atoms with Gasteiger partial charge in [-0.25, -0.2) is 19.2 Å². The standard InChI is InChI=1S/C32H44ClN3O7.C28H37ClN2O6.C5H7NO3/c1-17-10-9-11-19(3)32(40)16-24(41-30(39)35-32)20(4)28-31(6,43-28)25(42-29(38)21(5)34-7)15-26(37)36(8)23-14-22(12-17)13-18(2)27(23)33;1-15-8-7-9-17(3)28(35)14-21(36-26(34)30-28)18(4)25-27(5,37-25)22(32)13-23(33)31(6)20-12-19(10-15)11-16(2)24(20)29;1-3-4(7)9-5(8)6(3)2/h9-11,13-14,19-21,24-25,28,34,40H,12,15-16H2,1-8H3,(H,35,39);7-9,11-12,17-18,21-22,25,32,35H,10,13-14H2,1-6H3,(H,30,34);3H,1-2H3/b11-9+,17-10+;9-7+,15-8+;/t;;3-/m..0/s1. The third-order valence-electron chi connectivity index (χ3n) is 18.7. The third kappa shape index (κ3) is 15.7. The molecule has 0 saturated carbocycles. The van der Waals surface area contributed by atoms with Crippen LogP contribution in [0.15, 0.2) is 71.9 Å². The minimum atomic E-state index is -1.55. The number of cyclic esters (lactones) is 2. The molecule has 22 nitrogen and oxygen atoms in total. The van der Waals surface area contributed by atoms with Gasteiger partial charge in [0.15, 0.2) is 0 Å². The molecule has 7 heterocycles. The molecule has 15 unspecified atom stereocenters. The van der Waals surface area contributed by atoms with Crippen LogP contribution in [0.25, 0.3) is 0 Å². The number of benzene rings is 2. The fraction of sp³-hybridized carbons (Fsp3) is 0.585. The second-order valence-electron chi connectivity index (χ2n) is 25.5. The molecule has 2 aromatic carbocycles. The zero-order valence-corrected chi connectivity index (χ0v) is 55.2. The zero-order valence-electron chi connectivity index (χ0n) is 53.7. The van der Waals surface area contributed by atoms with Crippen LogP contribution < -0.4 is 25.8 Å². The zero-order chi connectivity index (χ0) is 66.2. The van der Waals surface area contributed by atoms with Gasteiger partial charge < -0.3 is 58.9 Å². The number of allylic oxidation sites excluding steroid dienone is 6. The number of aliphatic hydroxyl groups excluding tert-OH is 1. The van der Waals surface area contributed by atoms with Gasteiger partial charge in [0.25, 0.3) is 0 Å². The highest BCUT2D eigenvalue weighted by atomic mass is 35.5.